The number of carbonyl (C=O) groups excluding carboxylic acids is 1. The molecule has 1 aliphatic carbocycles. The van der Waals surface area contributed by atoms with E-state index >= 15 is 0 Å². The van der Waals surface area contributed by atoms with Crippen molar-refractivity contribution in [2.24, 2.45) is 11.1 Å². The lowest BCUT2D eigenvalue weighted by atomic mass is 10.0. The van der Waals surface area contributed by atoms with Crippen LogP contribution in [0.3, 0.4) is 0 Å². The zero-order valence-electron chi connectivity index (χ0n) is 11.5. The maximum absolute atomic E-state index is 11.3. The number of nitrogens with zero attached hydrogens (tertiary/aromatic N) is 1. The fourth-order valence-corrected chi connectivity index (χ4v) is 2.23. The van der Waals surface area contributed by atoms with Crippen LogP contribution in [0, 0.1) is 10.8 Å². The van der Waals surface area contributed by atoms with E-state index in [1.54, 1.807) is 24.3 Å². The average molecular weight is 281 g/mol. The molecule has 0 atom stereocenters. The molecule has 2 aromatic rings. The lowest BCUT2D eigenvalue weighted by molar-refractivity contribution is 0.111. The summed E-state index contributed by atoms with van der Waals surface area (Å²) in [4.78, 5) is 22.1. The SMILES string of the molecule is O=Cc1cc(-c2ccccc2N=O)ccc1OCC1CC1. The van der Waals surface area contributed by atoms with Crippen LogP contribution in [0.1, 0.15) is 23.2 Å². The van der Waals surface area contributed by atoms with Gasteiger partial charge in [-0.25, -0.2) is 0 Å². The molecule has 0 bridgehead atoms. The van der Waals surface area contributed by atoms with Crippen LogP contribution in [0.2, 0.25) is 0 Å². The molecular weight excluding hydrogens is 266 g/mol. The van der Waals surface area contributed by atoms with Crippen molar-refractivity contribution < 1.29 is 9.53 Å². The Kier molecular flexibility index (Phi) is 3.77. The van der Waals surface area contributed by atoms with Crippen molar-refractivity contribution in [1.82, 2.24) is 0 Å². The van der Waals surface area contributed by atoms with Crippen molar-refractivity contribution in [1.29, 1.82) is 0 Å². The van der Waals surface area contributed by atoms with Gasteiger partial charge >= 0.3 is 0 Å². The second-order valence-corrected chi connectivity index (χ2v) is 5.23. The van der Waals surface area contributed by atoms with E-state index < -0.39 is 0 Å². The van der Waals surface area contributed by atoms with Gasteiger partial charge in [0, 0.05) is 5.56 Å². The molecule has 1 fully saturated rings. The molecule has 3 rings (SSSR count). The van der Waals surface area contributed by atoms with Gasteiger partial charge in [-0.3, -0.25) is 4.79 Å². The quantitative estimate of drug-likeness (QED) is 0.584. The molecule has 2 aromatic carbocycles. The summed E-state index contributed by atoms with van der Waals surface area (Å²) in [6.07, 6.45) is 3.18. The summed E-state index contributed by atoms with van der Waals surface area (Å²) >= 11 is 0. The first-order valence-electron chi connectivity index (χ1n) is 6.96. The van der Waals surface area contributed by atoms with Crippen LogP contribution in [0.5, 0.6) is 5.75 Å². The molecule has 0 heterocycles. The van der Waals surface area contributed by atoms with E-state index in [0.29, 0.717) is 35.1 Å². The van der Waals surface area contributed by atoms with E-state index in [0.717, 1.165) is 11.8 Å². The van der Waals surface area contributed by atoms with Gasteiger partial charge in [0.1, 0.15) is 11.4 Å². The van der Waals surface area contributed by atoms with Gasteiger partial charge in [-0.15, -0.1) is 4.91 Å². The molecule has 106 valence electrons. The monoisotopic (exact) mass is 281 g/mol. The summed E-state index contributed by atoms with van der Waals surface area (Å²) in [5.74, 6) is 1.22. The van der Waals surface area contributed by atoms with Crippen LogP contribution in [-0.2, 0) is 0 Å². The molecule has 21 heavy (non-hydrogen) atoms. The topological polar surface area (TPSA) is 55.7 Å². The number of hydrogen-bond donors (Lipinski definition) is 0. The van der Waals surface area contributed by atoms with Crippen molar-refractivity contribution in [3.05, 3.63) is 52.9 Å². The lowest BCUT2D eigenvalue weighted by Gasteiger charge is -2.10. The molecule has 0 radical (unpaired) electrons. The summed E-state index contributed by atoms with van der Waals surface area (Å²) in [7, 11) is 0. The van der Waals surface area contributed by atoms with Crippen LogP contribution < -0.4 is 4.74 Å². The van der Waals surface area contributed by atoms with Gasteiger partial charge in [0.2, 0.25) is 0 Å². The summed E-state index contributed by atoms with van der Waals surface area (Å²) in [6, 6.07) is 12.4. The molecule has 0 N–H and O–H groups in total. The molecule has 0 aromatic heterocycles. The van der Waals surface area contributed by atoms with Crippen LogP contribution in [0.15, 0.2) is 47.6 Å². The number of carbonyl (C=O) groups is 1. The van der Waals surface area contributed by atoms with Crippen LogP contribution >= 0.6 is 0 Å². The van der Waals surface area contributed by atoms with Gasteiger partial charge in [-0.05, 0) is 47.7 Å². The third kappa shape index (κ3) is 2.99. The fourth-order valence-electron chi connectivity index (χ4n) is 2.23. The molecule has 0 unspecified atom stereocenters. The maximum atomic E-state index is 11.3. The van der Waals surface area contributed by atoms with Crippen LogP contribution in [0.25, 0.3) is 11.1 Å². The highest BCUT2D eigenvalue weighted by atomic mass is 16.5. The number of benzene rings is 2. The van der Waals surface area contributed by atoms with E-state index in [4.69, 9.17) is 4.74 Å². The van der Waals surface area contributed by atoms with Crippen molar-refractivity contribution in [3.8, 4) is 16.9 Å². The van der Waals surface area contributed by atoms with Gasteiger partial charge in [-0.2, -0.15) is 0 Å². The summed E-state index contributed by atoms with van der Waals surface area (Å²) in [5, 5.41) is 3.02. The molecule has 1 aliphatic rings. The van der Waals surface area contributed by atoms with Gasteiger partial charge in [0.05, 0.1) is 12.2 Å². The summed E-state index contributed by atoms with van der Waals surface area (Å²) in [6.45, 7) is 0.659. The molecule has 1 saturated carbocycles. The van der Waals surface area contributed by atoms with Gasteiger partial charge in [0.15, 0.2) is 6.29 Å². The van der Waals surface area contributed by atoms with Gasteiger partial charge < -0.3 is 4.74 Å². The third-order valence-corrected chi connectivity index (χ3v) is 3.62. The van der Waals surface area contributed by atoms with Crippen molar-refractivity contribution >= 4 is 12.0 Å². The first-order chi connectivity index (χ1) is 10.3. The van der Waals surface area contributed by atoms with Gasteiger partial charge in [0.25, 0.3) is 0 Å². The van der Waals surface area contributed by atoms with E-state index in [9.17, 15) is 9.70 Å². The van der Waals surface area contributed by atoms with Crippen molar-refractivity contribution in [2.75, 3.05) is 6.61 Å². The van der Waals surface area contributed by atoms with E-state index in [1.807, 2.05) is 18.2 Å². The highest BCUT2D eigenvalue weighted by Crippen LogP contribution is 2.34. The van der Waals surface area contributed by atoms with Crippen molar-refractivity contribution in [3.63, 3.8) is 0 Å². The Morgan fingerprint density at radius 1 is 1.19 bits per heavy atom. The number of aldehydes is 1. The first kappa shape index (κ1) is 13.5. The Morgan fingerprint density at radius 2 is 2.00 bits per heavy atom. The minimum Gasteiger partial charge on any atom is -0.493 e. The third-order valence-electron chi connectivity index (χ3n) is 3.62. The Bertz CT molecular complexity index is 677. The largest absolute Gasteiger partial charge is 0.493 e. The van der Waals surface area contributed by atoms with Crippen LogP contribution in [0.4, 0.5) is 5.69 Å². The molecule has 4 nitrogen and oxygen atoms in total. The molecule has 0 saturated heterocycles. The first-order valence-corrected chi connectivity index (χ1v) is 6.96. The predicted molar refractivity (Wildman–Crippen MR) is 80.9 cm³/mol. The molecular formula is C17H15NO3. The van der Waals surface area contributed by atoms with E-state index in [2.05, 4.69) is 5.18 Å². The van der Waals surface area contributed by atoms with Crippen LogP contribution in [-0.4, -0.2) is 12.9 Å². The number of ether oxygens (including phenoxy) is 1. The lowest BCUT2D eigenvalue weighted by Crippen LogP contribution is -2.01. The number of hydrogen-bond acceptors (Lipinski definition) is 4. The minimum absolute atomic E-state index is 0.362. The molecule has 0 amide bonds. The van der Waals surface area contributed by atoms with Crippen molar-refractivity contribution in [2.45, 2.75) is 12.8 Å². The summed E-state index contributed by atoms with van der Waals surface area (Å²) in [5.41, 5.74) is 2.35. The molecule has 4 heteroatoms. The molecule has 0 spiro atoms. The minimum atomic E-state index is 0.362. The molecule has 0 aliphatic heterocycles. The Balaban J connectivity index is 1.92. The Morgan fingerprint density at radius 3 is 2.71 bits per heavy atom. The zero-order chi connectivity index (χ0) is 14.7. The average Bonchev–Trinajstić information content (AvgIpc) is 3.37. The predicted octanol–water partition coefficient (Wildman–Crippen LogP) is 4.35. The second kappa shape index (κ2) is 5.87. The van der Waals surface area contributed by atoms with Gasteiger partial charge in [-0.1, -0.05) is 24.3 Å². The smallest absolute Gasteiger partial charge is 0.153 e. The Labute approximate surface area is 122 Å². The standard InChI is InChI=1S/C17H15NO3/c19-10-14-9-13(15-3-1-2-4-16(15)18-20)7-8-17(14)21-11-12-5-6-12/h1-4,7-10,12H,5-6,11H2. The Hall–Kier alpha value is -2.49. The number of nitroso groups, excluding NO2 is 1. The van der Waals surface area contributed by atoms with E-state index in [-0.39, 0.29) is 0 Å². The zero-order valence-corrected chi connectivity index (χ0v) is 11.5. The fraction of sp³-hybridized carbons (Fsp3) is 0.235. The number of rotatable bonds is 6. The summed E-state index contributed by atoms with van der Waals surface area (Å²) < 4.78 is 5.68. The van der Waals surface area contributed by atoms with E-state index in [1.165, 1.54) is 12.8 Å². The highest BCUT2D eigenvalue weighted by molar-refractivity contribution is 5.85. The second-order valence-electron chi connectivity index (χ2n) is 5.23. The normalized spacial score (nSPS) is 13.7. The highest BCUT2D eigenvalue weighted by Gasteiger charge is 2.22. The maximum Gasteiger partial charge on any atom is 0.153 e.